The van der Waals surface area contributed by atoms with Gasteiger partial charge in [-0.25, -0.2) is 4.85 Å². The van der Waals surface area contributed by atoms with Crippen molar-refractivity contribution in [2.75, 3.05) is 37.0 Å². The van der Waals surface area contributed by atoms with Gasteiger partial charge in [0.2, 0.25) is 0 Å². The van der Waals surface area contributed by atoms with Gasteiger partial charge in [0.15, 0.2) is 17.3 Å². The van der Waals surface area contributed by atoms with E-state index < -0.39 is 0 Å². The third-order valence-corrected chi connectivity index (χ3v) is 5.56. The van der Waals surface area contributed by atoms with Crippen LogP contribution in [0.2, 0.25) is 0 Å². The molecule has 3 aromatic rings. The lowest BCUT2D eigenvalue weighted by atomic mass is 10.1. The van der Waals surface area contributed by atoms with Crippen LogP contribution in [0.3, 0.4) is 0 Å². The first kappa shape index (κ1) is 23.1. The highest BCUT2D eigenvalue weighted by molar-refractivity contribution is 6.00. The zero-order valence-corrected chi connectivity index (χ0v) is 18.4. The number of rotatable bonds is 6. The predicted octanol–water partition coefficient (Wildman–Crippen LogP) is 3.91. The topological polar surface area (TPSA) is 98.7 Å². The quantitative estimate of drug-likeness (QED) is 0.549. The van der Waals surface area contributed by atoms with Crippen molar-refractivity contribution in [2.45, 2.75) is 13.0 Å². The van der Waals surface area contributed by atoms with Crippen molar-refractivity contribution in [1.82, 2.24) is 10.2 Å². The molecule has 164 valence electrons. The van der Waals surface area contributed by atoms with Crippen LogP contribution in [-0.2, 0) is 6.54 Å². The second-order valence-electron chi connectivity index (χ2n) is 7.50. The Bertz CT molecular complexity index is 1200. The maximum atomic E-state index is 9.47. The van der Waals surface area contributed by atoms with Crippen LogP contribution in [0, 0.1) is 23.8 Å². The second-order valence-corrected chi connectivity index (χ2v) is 7.50. The van der Waals surface area contributed by atoms with Crippen LogP contribution >= 0.6 is 12.4 Å². The minimum absolute atomic E-state index is 0. The number of nitrogens with zero attached hydrogens (tertiary/aromatic N) is 5. The number of benzene rings is 2. The number of fused-ring (bicyclic) bond motifs is 1. The van der Waals surface area contributed by atoms with Crippen molar-refractivity contribution in [3.05, 3.63) is 58.9 Å². The molecule has 1 saturated heterocycles. The second kappa shape index (κ2) is 10.1. The van der Waals surface area contributed by atoms with E-state index in [0.717, 1.165) is 41.7 Å². The average Bonchev–Trinajstić information content (AvgIpc) is 3.31. The maximum absolute atomic E-state index is 9.47. The first-order valence-electron chi connectivity index (χ1n) is 10.0. The third kappa shape index (κ3) is 4.52. The van der Waals surface area contributed by atoms with Crippen LogP contribution < -0.4 is 15.0 Å². The van der Waals surface area contributed by atoms with E-state index >= 15 is 0 Å². The first-order valence-corrected chi connectivity index (χ1v) is 10.0. The molecule has 0 spiro atoms. The number of methoxy groups -OCH3 is 1. The van der Waals surface area contributed by atoms with Gasteiger partial charge < -0.3 is 20.1 Å². The molecule has 0 amide bonds. The molecule has 0 bridgehead atoms. The molecule has 1 fully saturated rings. The number of ether oxygens (including phenoxy) is 1. The van der Waals surface area contributed by atoms with Gasteiger partial charge in [-0.05, 0) is 30.2 Å². The van der Waals surface area contributed by atoms with E-state index in [1.807, 2.05) is 18.2 Å². The Morgan fingerprint density at radius 2 is 2.12 bits per heavy atom. The number of aliphatic hydroxyl groups excluding tert-OH is 1. The van der Waals surface area contributed by atoms with Gasteiger partial charge in [-0.2, -0.15) is 5.26 Å². The molecule has 1 unspecified atom stereocenters. The summed E-state index contributed by atoms with van der Waals surface area (Å²) in [5.41, 5.74) is 1.90. The number of anilines is 2. The minimum atomic E-state index is 0. The molecular weight excluding hydrogens is 428 g/mol. The first-order chi connectivity index (χ1) is 15.2. The summed E-state index contributed by atoms with van der Waals surface area (Å²) in [5.74, 6) is 2.12. The Kier molecular flexibility index (Phi) is 7.32. The summed E-state index contributed by atoms with van der Waals surface area (Å²) in [6, 6.07) is 13.1. The summed E-state index contributed by atoms with van der Waals surface area (Å²) in [5, 5.41) is 32.7. The van der Waals surface area contributed by atoms with Gasteiger partial charge in [-0.15, -0.1) is 22.6 Å². The van der Waals surface area contributed by atoms with Gasteiger partial charge >= 0.3 is 0 Å². The Morgan fingerprint density at radius 1 is 1.28 bits per heavy atom. The number of hydrogen-bond acceptors (Lipinski definition) is 7. The van der Waals surface area contributed by atoms with Crippen LogP contribution in [0.1, 0.15) is 17.5 Å². The number of halogens is 1. The van der Waals surface area contributed by atoms with Gasteiger partial charge in [0.25, 0.3) is 0 Å². The van der Waals surface area contributed by atoms with Crippen LogP contribution in [-0.4, -0.2) is 42.1 Å². The summed E-state index contributed by atoms with van der Waals surface area (Å²) in [7, 11) is 1.54. The zero-order chi connectivity index (χ0) is 21.8. The van der Waals surface area contributed by atoms with Gasteiger partial charge in [-0.1, -0.05) is 18.2 Å². The number of nitriles is 1. The van der Waals surface area contributed by atoms with E-state index in [1.165, 1.54) is 7.11 Å². The fraction of sp³-hybridized carbons (Fsp3) is 0.304. The molecule has 32 heavy (non-hydrogen) atoms. The van der Waals surface area contributed by atoms with E-state index in [1.54, 1.807) is 18.2 Å². The minimum Gasteiger partial charge on any atom is -0.495 e. The predicted molar refractivity (Wildman–Crippen MR) is 125 cm³/mol. The van der Waals surface area contributed by atoms with Gasteiger partial charge in [0, 0.05) is 42.9 Å². The highest BCUT2D eigenvalue weighted by atomic mass is 35.5. The Balaban J connectivity index is 0.00000289. The van der Waals surface area contributed by atoms with E-state index in [9.17, 15) is 10.4 Å². The van der Waals surface area contributed by atoms with Crippen LogP contribution in [0.5, 0.6) is 5.75 Å². The van der Waals surface area contributed by atoms with Crippen molar-refractivity contribution in [3.8, 4) is 11.8 Å². The largest absolute Gasteiger partial charge is 0.495 e. The van der Waals surface area contributed by atoms with Gasteiger partial charge in [0.05, 0.1) is 19.2 Å². The van der Waals surface area contributed by atoms with Crippen molar-refractivity contribution < 1.29 is 9.84 Å². The molecule has 2 aromatic carbocycles. The number of nitrogens with one attached hydrogen (secondary N) is 1. The van der Waals surface area contributed by atoms with E-state index in [-0.39, 0.29) is 24.9 Å². The lowest BCUT2D eigenvalue weighted by molar-refractivity contribution is 0.238. The smallest absolute Gasteiger partial charge is 0.188 e. The Labute approximate surface area is 192 Å². The molecule has 1 aliphatic rings. The molecule has 8 nitrogen and oxygen atoms in total. The van der Waals surface area contributed by atoms with Crippen molar-refractivity contribution in [1.29, 1.82) is 5.26 Å². The normalized spacial score (nSPS) is 15.0. The lowest BCUT2D eigenvalue weighted by Gasteiger charge is -2.20. The molecule has 1 atom stereocenters. The molecule has 0 radical (unpaired) electrons. The zero-order valence-electron chi connectivity index (χ0n) is 17.6. The highest BCUT2D eigenvalue weighted by Crippen LogP contribution is 2.34. The van der Waals surface area contributed by atoms with Crippen molar-refractivity contribution >= 4 is 40.5 Å². The summed E-state index contributed by atoms with van der Waals surface area (Å²) in [4.78, 5) is 5.69. The summed E-state index contributed by atoms with van der Waals surface area (Å²) >= 11 is 0. The summed E-state index contributed by atoms with van der Waals surface area (Å²) < 4.78 is 5.20. The van der Waals surface area contributed by atoms with Crippen LogP contribution in [0.15, 0.2) is 36.4 Å². The molecule has 1 aromatic heterocycles. The molecule has 1 aliphatic heterocycles. The third-order valence-electron chi connectivity index (χ3n) is 5.56. The van der Waals surface area contributed by atoms with E-state index in [4.69, 9.17) is 11.3 Å². The fourth-order valence-corrected chi connectivity index (χ4v) is 3.87. The molecule has 9 heteroatoms. The van der Waals surface area contributed by atoms with E-state index in [2.05, 4.69) is 31.3 Å². The van der Waals surface area contributed by atoms with Gasteiger partial charge in [0.1, 0.15) is 11.8 Å². The fourth-order valence-electron chi connectivity index (χ4n) is 3.87. The molecule has 0 saturated carbocycles. The Hall–Kier alpha value is -3.59. The molecule has 0 aliphatic carbocycles. The summed E-state index contributed by atoms with van der Waals surface area (Å²) in [6.45, 7) is 9.53. The van der Waals surface area contributed by atoms with Crippen LogP contribution in [0.25, 0.3) is 15.6 Å². The number of aliphatic hydroxyl groups is 1. The monoisotopic (exact) mass is 450 g/mol. The highest BCUT2D eigenvalue weighted by Gasteiger charge is 2.25. The van der Waals surface area contributed by atoms with Crippen molar-refractivity contribution in [3.63, 3.8) is 0 Å². The SMILES string of the molecule is Cl.[C-]#[N+]c1ccc2c(N3CCC(CO)C3)nnc(NCc3ccc(OC)c(C#N)c3)c2c1. The summed E-state index contributed by atoms with van der Waals surface area (Å²) in [6.07, 6.45) is 0.915. The van der Waals surface area contributed by atoms with Crippen LogP contribution in [0.4, 0.5) is 17.3 Å². The standard InChI is InChI=1S/C23H22N6O2.ClH/c1-25-18-4-5-19-20(10-18)22(27-28-23(19)29-8-7-16(13-29)14-30)26-12-15-3-6-21(31-2)17(9-15)11-24;/h3-6,9-10,16,30H,7-8,12-14H2,2H3,(H,26,27);1H. The molecule has 2 heterocycles. The van der Waals surface area contributed by atoms with Gasteiger partial charge in [-0.3, -0.25) is 0 Å². The molecule has 4 rings (SSSR count). The number of hydrogen-bond donors (Lipinski definition) is 2. The Morgan fingerprint density at radius 3 is 2.81 bits per heavy atom. The van der Waals surface area contributed by atoms with E-state index in [0.29, 0.717) is 29.4 Å². The lowest BCUT2D eigenvalue weighted by Crippen LogP contribution is -2.22. The maximum Gasteiger partial charge on any atom is 0.188 e. The van der Waals surface area contributed by atoms with Crippen molar-refractivity contribution in [2.24, 2.45) is 5.92 Å². The average molecular weight is 451 g/mol. The molecular formula is C23H23ClN6O2. The molecule has 2 N–H and O–H groups in total. The number of aromatic nitrogens is 2.